The molecule has 1 heterocycles. The summed E-state index contributed by atoms with van der Waals surface area (Å²) >= 11 is 1.28. The van der Waals surface area contributed by atoms with Gasteiger partial charge in [-0.15, -0.1) is 0 Å². The fourth-order valence-electron chi connectivity index (χ4n) is 1.94. The lowest BCUT2D eigenvalue weighted by Gasteiger charge is -2.26. The molecule has 1 aromatic rings. The Morgan fingerprint density at radius 3 is 2.93 bits per heavy atom. The van der Waals surface area contributed by atoms with Gasteiger partial charge in [-0.3, -0.25) is 14.3 Å². The molecule has 1 atom stereocenters. The van der Waals surface area contributed by atoms with Crippen molar-refractivity contribution in [2.45, 2.75) is 10.8 Å². The Kier molecular flexibility index (Phi) is 1.73. The average molecular weight is 217 g/mol. The van der Waals surface area contributed by atoms with E-state index in [9.17, 15) is 9.59 Å². The summed E-state index contributed by atoms with van der Waals surface area (Å²) in [7, 11) is 0. The van der Waals surface area contributed by atoms with Crippen molar-refractivity contribution in [2.24, 2.45) is 0 Å². The molecule has 0 aromatic heterocycles. The van der Waals surface area contributed by atoms with Gasteiger partial charge in [0.15, 0.2) is 5.78 Å². The molecule has 1 aliphatic heterocycles. The fourth-order valence-corrected chi connectivity index (χ4v) is 2.76. The highest BCUT2D eigenvalue weighted by molar-refractivity contribution is 7.98. The summed E-state index contributed by atoms with van der Waals surface area (Å²) in [5, 5.41) is 0. The van der Waals surface area contributed by atoms with Crippen LogP contribution in [0.15, 0.2) is 29.2 Å². The van der Waals surface area contributed by atoms with Crippen LogP contribution in [0.3, 0.4) is 0 Å². The van der Waals surface area contributed by atoms with Gasteiger partial charge < -0.3 is 0 Å². The van der Waals surface area contributed by atoms with Gasteiger partial charge in [0.2, 0.25) is 5.91 Å². The molecule has 4 heteroatoms. The van der Waals surface area contributed by atoms with Gasteiger partial charge in [0, 0.05) is 4.90 Å². The number of carbonyl (C=O) groups excluding carboxylic acids is 2. The average Bonchev–Trinajstić information content (AvgIpc) is 2.25. The summed E-state index contributed by atoms with van der Waals surface area (Å²) < 4.78 is 2.65. The number of hydrogen-bond donors (Lipinski definition) is 1. The SMILES string of the molecule is O=C1C=Cc2cccc3c2C1C(=O)NS3. The summed E-state index contributed by atoms with van der Waals surface area (Å²) in [4.78, 5) is 24.2. The van der Waals surface area contributed by atoms with Gasteiger partial charge in [0.05, 0.1) is 0 Å². The minimum absolute atomic E-state index is 0.132. The first kappa shape index (κ1) is 8.73. The smallest absolute Gasteiger partial charge is 0.245 e. The third-order valence-corrected chi connectivity index (χ3v) is 3.50. The van der Waals surface area contributed by atoms with Crippen LogP contribution < -0.4 is 4.72 Å². The topological polar surface area (TPSA) is 46.2 Å². The lowest BCUT2D eigenvalue weighted by Crippen LogP contribution is -2.34. The zero-order valence-corrected chi connectivity index (χ0v) is 8.51. The molecule has 0 saturated carbocycles. The molecule has 0 saturated heterocycles. The highest BCUT2D eigenvalue weighted by atomic mass is 32.2. The van der Waals surface area contributed by atoms with E-state index in [0.717, 1.165) is 16.0 Å². The molecule has 0 spiro atoms. The molecule has 0 bridgehead atoms. The summed E-state index contributed by atoms with van der Waals surface area (Å²) in [5.41, 5.74) is 1.83. The van der Waals surface area contributed by atoms with E-state index in [0.29, 0.717) is 0 Å². The van der Waals surface area contributed by atoms with E-state index < -0.39 is 5.92 Å². The zero-order chi connectivity index (χ0) is 10.4. The predicted octanol–water partition coefficient (Wildman–Crippen LogP) is 1.50. The summed E-state index contributed by atoms with van der Waals surface area (Å²) in [6, 6.07) is 5.77. The van der Waals surface area contributed by atoms with Gasteiger partial charge in [0.1, 0.15) is 5.92 Å². The van der Waals surface area contributed by atoms with Gasteiger partial charge in [-0.2, -0.15) is 0 Å². The maximum Gasteiger partial charge on any atom is 0.245 e. The Morgan fingerprint density at radius 2 is 2.07 bits per heavy atom. The molecular weight excluding hydrogens is 210 g/mol. The van der Waals surface area contributed by atoms with Crippen LogP contribution in [-0.4, -0.2) is 11.7 Å². The Bertz CT molecular complexity index is 507. The van der Waals surface area contributed by atoms with E-state index in [1.807, 2.05) is 18.2 Å². The summed E-state index contributed by atoms with van der Waals surface area (Å²) in [6.45, 7) is 0. The number of ketones is 1. The quantitative estimate of drug-likeness (QED) is 0.529. The third-order valence-electron chi connectivity index (χ3n) is 2.62. The van der Waals surface area contributed by atoms with Crippen LogP contribution in [-0.2, 0) is 9.59 Å². The minimum atomic E-state index is -0.637. The van der Waals surface area contributed by atoms with E-state index in [1.165, 1.54) is 18.0 Å². The van der Waals surface area contributed by atoms with Crippen LogP contribution in [0.4, 0.5) is 0 Å². The molecule has 1 unspecified atom stereocenters. The third kappa shape index (κ3) is 1.15. The van der Waals surface area contributed by atoms with Crippen LogP contribution >= 0.6 is 11.9 Å². The number of rotatable bonds is 0. The van der Waals surface area contributed by atoms with E-state index in [2.05, 4.69) is 4.72 Å². The highest BCUT2D eigenvalue weighted by Crippen LogP contribution is 2.38. The second-order valence-corrected chi connectivity index (χ2v) is 4.34. The van der Waals surface area contributed by atoms with Gasteiger partial charge >= 0.3 is 0 Å². The molecule has 1 amide bonds. The van der Waals surface area contributed by atoms with Crippen molar-refractivity contribution >= 4 is 29.7 Å². The number of allylic oxidation sites excluding steroid dienone is 1. The predicted molar refractivity (Wildman–Crippen MR) is 57.2 cm³/mol. The number of carbonyl (C=O) groups is 2. The van der Waals surface area contributed by atoms with Gasteiger partial charge in [-0.25, -0.2) is 0 Å². The van der Waals surface area contributed by atoms with Crippen molar-refractivity contribution in [1.82, 2.24) is 4.72 Å². The molecular formula is C11H7NO2S. The summed E-state index contributed by atoms with van der Waals surface area (Å²) in [6.07, 6.45) is 3.25. The number of nitrogens with one attached hydrogen (secondary N) is 1. The Balaban J connectivity index is 2.31. The van der Waals surface area contributed by atoms with Crippen molar-refractivity contribution in [2.75, 3.05) is 0 Å². The van der Waals surface area contributed by atoms with Crippen molar-refractivity contribution in [1.29, 1.82) is 0 Å². The monoisotopic (exact) mass is 217 g/mol. The largest absolute Gasteiger partial charge is 0.295 e. The minimum Gasteiger partial charge on any atom is -0.295 e. The van der Waals surface area contributed by atoms with Crippen LogP contribution in [0.25, 0.3) is 6.08 Å². The van der Waals surface area contributed by atoms with Crippen molar-refractivity contribution < 1.29 is 9.59 Å². The molecule has 1 aliphatic carbocycles. The maximum atomic E-state index is 11.6. The van der Waals surface area contributed by atoms with Gasteiger partial charge in [-0.05, 0) is 35.2 Å². The first-order chi connectivity index (χ1) is 7.27. The Morgan fingerprint density at radius 1 is 1.20 bits per heavy atom. The van der Waals surface area contributed by atoms with Crippen molar-refractivity contribution in [3.05, 3.63) is 35.4 Å². The number of hydrogen-bond acceptors (Lipinski definition) is 3. The normalized spacial score (nSPS) is 22.3. The van der Waals surface area contributed by atoms with Crippen molar-refractivity contribution in [3.63, 3.8) is 0 Å². The first-order valence-electron chi connectivity index (χ1n) is 4.59. The van der Waals surface area contributed by atoms with Gasteiger partial charge in [-0.1, -0.05) is 18.2 Å². The second-order valence-electron chi connectivity index (χ2n) is 3.50. The van der Waals surface area contributed by atoms with Crippen molar-refractivity contribution in [3.8, 4) is 0 Å². The van der Waals surface area contributed by atoms with Crippen LogP contribution in [0.1, 0.15) is 17.0 Å². The van der Waals surface area contributed by atoms with Crippen LogP contribution in [0.5, 0.6) is 0 Å². The number of amides is 1. The molecule has 1 N–H and O–H groups in total. The molecule has 0 fully saturated rings. The van der Waals surface area contributed by atoms with E-state index >= 15 is 0 Å². The second kappa shape index (κ2) is 2.97. The summed E-state index contributed by atoms with van der Waals surface area (Å²) in [5.74, 6) is -0.982. The molecule has 2 aliphatic rings. The standard InChI is InChI=1S/C11H7NO2S/c13-7-5-4-6-2-1-3-8-9(6)10(7)11(14)12-15-8/h1-5,10H,(H,12,14). The molecule has 1 aromatic carbocycles. The van der Waals surface area contributed by atoms with E-state index in [-0.39, 0.29) is 11.7 Å². The lowest BCUT2D eigenvalue weighted by atomic mass is 9.85. The van der Waals surface area contributed by atoms with Gasteiger partial charge in [0.25, 0.3) is 0 Å². The first-order valence-corrected chi connectivity index (χ1v) is 5.40. The molecule has 3 rings (SSSR count). The highest BCUT2D eigenvalue weighted by Gasteiger charge is 2.36. The Labute approximate surface area is 90.7 Å². The zero-order valence-electron chi connectivity index (χ0n) is 7.69. The Hall–Kier alpha value is -1.55. The molecule has 74 valence electrons. The molecule has 15 heavy (non-hydrogen) atoms. The molecule has 0 radical (unpaired) electrons. The van der Waals surface area contributed by atoms with E-state index in [4.69, 9.17) is 0 Å². The lowest BCUT2D eigenvalue weighted by molar-refractivity contribution is -0.127. The number of benzene rings is 1. The fraction of sp³-hybridized carbons (Fsp3) is 0.0909. The van der Waals surface area contributed by atoms with Crippen LogP contribution in [0, 0.1) is 0 Å². The molecule has 3 nitrogen and oxygen atoms in total. The van der Waals surface area contributed by atoms with Crippen LogP contribution in [0.2, 0.25) is 0 Å². The van der Waals surface area contributed by atoms with E-state index in [1.54, 1.807) is 6.08 Å². The maximum absolute atomic E-state index is 11.6.